The number of amides is 1. The second-order valence-electron chi connectivity index (χ2n) is 4.81. The molecule has 2 aromatic rings. The molecule has 1 amide bonds. The quantitative estimate of drug-likeness (QED) is 0.930. The molecule has 0 spiro atoms. The number of rotatable bonds is 3. The summed E-state index contributed by atoms with van der Waals surface area (Å²) in [5, 5.41) is 12.2. The summed E-state index contributed by atoms with van der Waals surface area (Å²) in [6, 6.07) is 3.51. The van der Waals surface area contributed by atoms with Crippen molar-refractivity contribution in [1.29, 1.82) is 0 Å². The molecular formula is C14H14ClN3O3S. The number of nitrogens with zero attached hydrogens (tertiary/aromatic N) is 2. The van der Waals surface area contributed by atoms with E-state index in [1.54, 1.807) is 12.1 Å². The average Bonchev–Trinajstić information content (AvgIpc) is 2.72. The van der Waals surface area contributed by atoms with Crippen LogP contribution in [0.15, 0.2) is 12.1 Å². The Labute approximate surface area is 136 Å². The van der Waals surface area contributed by atoms with Crippen molar-refractivity contribution in [2.75, 3.05) is 18.5 Å². The molecular weight excluding hydrogens is 326 g/mol. The Kier molecular flexibility index (Phi) is 4.44. The molecule has 1 aliphatic rings. The van der Waals surface area contributed by atoms with E-state index >= 15 is 0 Å². The van der Waals surface area contributed by atoms with Crippen LogP contribution in [0.5, 0.6) is 11.5 Å². The molecule has 0 fully saturated rings. The molecule has 0 saturated heterocycles. The first-order valence-electron chi connectivity index (χ1n) is 6.80. The Hall–Kier alpha value is -1.86. The molecule has 2 heterocycles. The average molecular weight is 340 g/mol. The van der Waals surface area contributed by atoms with Crippen molar-refractivity contribution in [3.63, 3.8) is 0 Å². The number of halogens is 1. The molecule has 3 rings (SSSR count). The number of hydrogen-bond donors (Lipinski definition) is 1. The first-order chi connectivity index (χ1) is 10.6. The largest absolute Gasteiger partial charge is 0.489 e. The Bertz CT molecular complexity index is 705. The third-order valence-corrected chi connectivity index (χ3v) is 4.03. The molecule has 1 N–H and O–H groups in total. The summed E-state index contributed by atoms with van der Waals surface area (Å²) >= 11 is 7.54. The van der Waals surface area contributed by atoms with E-state index in [-0.39, 0.29) is 12.3 Å². The van der Waals surface area contributed by atoms with Crippen molar-refractivity contribution in [2.45, 2.75) is 19.8 Å². The van der Waals surface area contributed by atoms with Crippen LogP contribution in [0.25, 0.3) is 0 Å². The van der Waals surface area contributed by atoms with Gasteiger partial charge in [-0.15, -0.1) is 10.2 Å². The van der Waals surface area contributed by atoms with E-state index in [1.807, 2.05) is 6.92 Å². The van der Waals surface area contributed by atoms with Crippen molar-refractivity contribution in [2.24, 2.45) is 0 Å². The summed E-state index contributed by atoms with van der Waals surface area (Å²) in [6.45, 7) is 2.98. The maximum Gasteiger partial charge on any atom is 0.230 e. The molecule has 0 atom stereocenters. The van der Waals surface area contributed by atoms with Gasteiger partial charge in [0, 0.05) is 6.42 Å². The van der Waals surface area contributed by atoms with Crippen LogP contribution < -0.4 is 14.8 Å². The van der Waals surface area contributed by atoms with E-state index in [0.717, 1.165) is 17.0 Å². The van der Waals surface area contributed by atoms with Crippen molar-refractivity contribution in [3.05, 3.63) is 27.7 Å². The first kappa shape index (κ1) is 15.1. The van der Waals surface area contributed by atoms with Gasteiger partial charge in [-0.3, -0.25) is 4.79 Å². The molecule has 0 saturated carbocycles. The Balaban J connectivity index is 1.73. The lowest BCUT2D eigenvalue weighted by Crippen LogP contribution is -2.14. The Morgan fingerprint density at radius 1 is 1.36 bits per heavy atom. The summed E-state index contributed by atoms with van der Waals surface area (Å²) in [5.74, 6) is 0.948. The zero-order valence-electron chi connectivity index (χ0n) is 11.9. The van der Waals surface area contributed by atoms with Crippen LogP contribution in [0, 0.1) is 6.92 Å². The number of aryl methyl sites for hydroxylation is 1. The van der Waals surface area contributed by atoms with Crippen LogP contribution in [0.3, 0.4) is 0 Å². The van der Waals surface area contributed by atoms with Crippen LogP contribution in [0.1, 0.15) is 17.0 Å². The number of fused-ring (bicyclic) bond motifs is 1. The van der Waals surface area contributed by atoms with Crippen molar-refractivity contribution in [3.8, 4) is 11.5 Å². The third-order valence-electron chi connectivity index (χ3n) is 3.00. The van der Waals surface area contributed by atoms with Crippen LogP contribution >= 0.6 is 22.9 Å². The number of aromatic nitrogens is 2. The fourth-order valence-corrected chi connectivity index (χ4v) is 2.98. The molecule has 0 aliphatic carbocycles. The lowest BCUT2D eigenvalue weighted by atomic mass is 10.1. The van der Waals surface area contributed by atoms with E-state index in [4.69, 9.17) is 21.1 Å². The van der Waals surface area contributed by atoms with Gasteiger partial charge in [-0.1, -0.05) is 22.9 Å². The number of carbonyl (C=O) groups is 1. The van der Waals surface area contributed by atoms with Crippen LogP contribution in [0.2, 0.25) is 5.02 Å². The second-order valence-corrected chi connectivity index (χ2v) is 6.40. The molecule has 0 radical (unpaired) electrons. The van der Waals surface area contributed by atoms with E-state index in [9.17, 15) is 4.79 Å². The normalized spacial score (nSPS) is 13.5. The monoisotopic (exact) mass is 339 g/mol. The molecule has 1 aromatic heterocycles. The van der Waals surface area contributed by atoms with Gasteiger partial charge in [0.1, 0.15) is 5.01 Å². The fourth-order valence-electron chi connectivity index (χ4n) is 2.08. The number of benzene rings is 1. The molecule has 116 valence electrons. The van der Waals surface area contributed by atoms with E-state index < -0.39 is 0 Å². The number of nitrogens with one attached hydrogen (secondary N) is 1. The molecule has 1 aliphatic heterocycles. The highest BCUT2D eigenvalue weighted by molar-refractivity contribution is 7.15. The third kappa shape index (κ3) is 3.48. The van der Waals surface area contributed by atoms with Gasteiger partial charge in [0.25, 0.3) is 0 Å². The lowest BCUT2D eigenvalue weighted by Gasteiger charge is -2.11. The van der Waals surface area contributed by atoms with Crippen LogP contribution in [-0.4, -0.2) is 29.3 Å². The predicted molar refractivity (Wildman–Crippen MR) is 84.0 cm³/mol. The zero-order chi connectivity index (χ0) is 15.5. The highest BCUT2D eigenvalue weighted by atomic mass is 35.5. The van der Waals surface area contributed by atoms with Gasteiger partial charge in [0.15, 0.2) is 11.5 Å². The summed E-state index contributed by atoms with van der Waals surface area (Å²) < 4.78 is 11.2. The minimum absolute atomic E-state index is 0.176. The predicted octanol–water partition coefficient (Wildman–Crippen LogP) is 2.84. The molecule has 0 bridgehead atoms. The smallest absolute Gasteiger partial charge is 0.230 e. The maximum atomic E-state index is 12.1. The highest BCUT2D eigenvalue weighted by Gasteiger charge is 2.17. The molecule has 6 nitrogen and oxygen atoms in total. The number of carbonyl (C=O) groups excluding carboxylic acids is 1. The van der Waals surface area contributed by atoms with Crippen molar-refractivity contribution >= 4 is 34.0 Å². The molecule has 1 aromatic carbocycles. The second kappa shape index (κ2) is 6.50. The van der Waals surface area contributed by atoms with Crippen LogP contribution in [-0.2, 0) is 11.2 Å². The number of ether oxygens (including phenoxy) is 2. The first-order valence-corrected chi connectivity index (χ1v) is 7.99. The topological polar surface area (TPSA) is 73.3 Å². The molecule has 22 heavy (non-hydrogen) atoms. The summed E-state index contributed by atoms with van der Waals surface area (Å²) in [7, 11) is 0. The van der Waals surface area contributed by atoms with Gasteiger partial charge in [0.05, 0.1) is 24.7 Å². The summed E-state index contributed by atoms with van der Waals surface area (Å²) in [5.41, 5.74) is 0.757. The maximum absolute atomic E-state index is 12.1. The van der Waals surface area contributed by atoms with Gasteiger partial charge < -0.3 is 14.8 Å². The summed E-state index contributed by atoms with van der Waals surface area (Å²) in [4.78, 5) is 12.1. The van der Waals surface area contributed by atoms with Crippen LogP contribution in [0.4, 0.5) is 5.13 Å². The van der Waals surface area contributed by atoms with Gasteiger partial charge in [0.2, 0.25) is 11.0 Å². The van der Waals surface area contributed by atoms with Crippen molar-refractivity contribution < 1.29 is 14.3 Å². The minimum Gasteiger partial charge on any atom is -0.489 e. The van der Waals surface area contributed by atoms with E-state index in [1.165, 1.54) is 11.3 Å². The summed E-state index contributed by atoms with van der Waals surface area (Å²) in [6.07, 6.45) is 0.978. The van der Waals surface area contributed by atoms with Gasteiger partial charge >= 0.3 is 0 Å². The van der Waals surface area contributed by atoms with Gasteiger partial charge in [-0.2, -0.15) is 0 Å². The highest BCUT2D eigenvalue weighted by Crippen LogP contribution is 2.38. The fraction of sp³-hybridized carbons (Fsp3) is 0.357. The number of anilines is 1. The molecule has 0 unspecified atom stereocenters. The molecule has 8 heteroatoms. The van der Waals surface area contributed by atoms with Gasteiger partial charge in [-0.25, -0.2) is 0 Å². The minimum atomic E-state index is -0.179. The zero-order valence-corrected chi connectivity index (χ0v) is 13.5. The standard InChI is InChI=1S/C14H14ClN3O3S/c1-8-17-18-14(22-8)16-12(19)7-9-5-10(15)13-11(6-9)20-3-2-4-21-13/h5-6H,2-4,7H2,1H3,(H,16,18,19). The van der Waals surface area contributed by atoms with E-state index in [2.05, 4.69) is 15.5 Å². The van der Waals surface area contributed by atoms with Gasteiger partial charge in [-0.05, 0) is 24.6 Å². The Morgan fingerprint density at radius 2 is 2.18 bits per heavy atom. The Morgan fingerprint density at radius 3 is 2.95 bits per heavy atom. The number of hydrogen-bond acceptors (Lipinski definition) is 6. The SMILES string of the molecule is Cc1nnc(NC(=O)Cc2cc(Cl)c3c(c2)OCCCO3)s1. The van der Waals surface area contributed by atoms with E-state index in [0.29, 0.717) is 34.9 Å². The lowest BCUT2D eigenvalue weighted by molar-refractivity contribution is -0.115. The van der Waals surface area contributed by atoms with Crippen molar-refractivity contribution in [1.82, 2.24) is 10.2 Å².